The summed E-state index contributed by atoms with van der Waals surface area (Å²) in [6.07, 6.45) is 4.45. The zero-order chi connectivity index (χ0) is 17.3. The van der Waals surface area contributed by atoms with Gasteiger partial charge in [-0.2, -0.15) is 9.97 Å². The van der Waals surface area contributed by atoms with Crippen molar-refractivity contribution in [3.05, 3.63) is 46.9 Å². The summed E-state index contributed by atoms with van der Waals surface area (Å²) in [6, 6.07) is 3.26. The van der Waals surface area contributed by atoms with E-state index in [1.807, 2.05) is 6.92 Å². The van der Waals surface area contributed by atoms with E-state index in [1.165, 1.54) is 6.20 Å². The van der Waals surface area contributed by atoms with Gasteiger partial charge < -0.3 is 16.6 Å². The van der Waals surface area contributed by atoms with Crippen LogP contribution >= 0.6 is 0 Å². The second kappa shape index (κ2) is 6.07. The van der Waals surface area contributed by atoms with E-state index in [4.69, 9.17) is 16.6 Å². The Morgan fingerprint density at radius 3 is 2.58 bits per heavy atom. The number of pyridine rings is 2. The SMILES string of the molecule is Cc1c(CCc2ccc(C(=O)O)cn2)cnc2nc(N)nc(N)c12. The minimum absolute atomic E-state index is 0.0994. The van der Waals surface area contributed by atoms with Gasteiger partial charge in [-0.15, -0.1) is 0 Å². The van der Waals surface area contributed by atoms with Crippen LogP contribution in [0.5, 0.6) is 0 Å². The van der Waals surface area contributed by atoms with Crippen LogP contribution in [0, 0.1) is 6.92 Å². The van der Waals surface area contributed by atoms with E-state index >= 15 is 0 Å². The van der Waals surface area contributed by atoms with Gasteiger partial charge >= 0.3 is 5.97 Å². The topological polar surface area (TPSA) is 141 Å². The van der Waals surface area contributed by atoms with Crippen LogP contribution in [-0.4, -0.2) is 31.0 Å². The Kier molecular flexibility index (Phi) is 3.95. The highest BCUT2D eigenvalue weighted by Gasteiger charge is 2.11. The number of carbonyl (C=O) groups is 1. The number of hydrogen-bond acceptors (Lipinski definition) is 7. The molecule has 3 aromatic rings. The molecule has 0 saturated heterocycles. The van der Waals surface area contributed by atoms with Crippen LogP contribution in [0.1, 0.15) is 27.2 Å². The molecule has 5 N–H and O–H groups in total. The number of anilines is 2. The van der Waals surface area contributed by atoms with E-state index in [1.54, 1.807) is 18.3 Å². The van der Waals surface area contributed by atoms with Gasteiger partial charge in [0.15, 0.2) is 5.65 Å². The summed E-state index contributed by atoms with van der Waals surface area (Å²) in [4.78, 5) is 27.4. The number of nitrogen functional groups attached to an aromatic ring is 2. The number of aromatic nitrogens is 4. The molecule has 0 aliphatic heterocycles. The summed E-state index contributed by atoms with van der Waals surface area (Å²) in [5, 5.41) is 9.59. The molecule has 8 nitrogen and oxygen atoms in total. The van der Waals surface area contributed by atoms with Gasteiger partial charge in [0, 0.05) is 18.1 Å². The lowest BCUT2D eigenvalue weighted by molar-refractivity contribution is 0.0696. The van der Waals surface area contributed by atoms with Crippen molar-refractivity contribution in [3.8, 4) is 0 Å². The molecule has 0 bridgehead atoms. The van der Waals surface area contributed by atoms with Crippen molar-refractivity contribution in [2.75, 3.05) is 11.5 Å². The summed E-state index contributed by atoms with van der Waals surface area (Å²) in [5.41, 5.74) is 14.9. The van der Waals surface area contributed by atoms with Gasteiger partial charge in [-0.05, 0) is 43.0 Å². The Morgan fingerprint density at radius 1 is 1.12 bits per heavy atom. The first-order valence-electron chi connectivity index (χ1n) is 7.31. The molecule has 24 heavy (non-hydrogen) atoms. The standard InChI is InChI=1S/C16H16N6O2/c1-8-9(2-4-11-5-3-10(7-19-11)15(23)24)6-20-14-12(8)13(17)21-16(18)22-14/h3,5-7H,2,4H2,1H3,(H,23,24)(H4,17,18,20,21,22). The van der Waals surface area contributed by atoms with Crippen molar-refractivity contribution in [2.45, 2.75) is 19.8 Å². The number of hydrogen-bond donors (Lipinski definition) is 3. The van der Waals surface area contributed by atoms with Gasteiger partial charge in [0.05, 0.1) is 10.9 Å². The van der Waals surface area contributed by atoms with E-state index in [2.05, 4.69) is 19.9 Å². The average Bonchev–Trinajstić information content (AvgIpc) is 2.54. The Hall–Kier alpha value is -3.29. The monoisotopic (exact) mass is 324 g/mol. The van der Waals surface area contributed by atoms with Crippen molar-refractivity contribution in [2.24, 2.45) is 0 Å². The Bertz CT molecular complexity index is 924. The highest BCUT2D eigenvalue weighted by molar-refractivity contribution is 5.90. The van der Waals surface area contributed by atoms with E-state index in [9.17, 15) is 4.79 Å². The lowest BCUT2D eigenvalue weighted by Gasteiger charge is -2.10. The van der Waals surface area contributed by atoms with Crippen LogP contribution in [0.3, 0.4) is 0 Å². The lowest BCUT2D eigenvalue weighted by Crippen LogP contribution is -2.05. The third-order valence-electron chi connectivity index (χ3n) is 3.86. The van der Waals surface area contributed by atoms with Gasteiger partial charge in [-0.25, -0.2) is 9.78 Å². The molecule has 3 heterocycles. The Labute approximate surface area is 137 Å². The molecule has 0 amide bonds. The second-order valence-electron chi connectivity index (χ2n) is 5.42. The first-order chi connectivity index (χ1) is 11.5. The molecule has 0 aromatic carbocycles. The predicted molar refractivity (Wildman–Crippen MR) is 89.5 cm³/mol. The fraction of sp³-hybridized carbons (Fsp3) is 0.188. The lowest BCUT2D eigenvalue weighted by atomic mass is 10.0. The average molecular weight is 324 g/mol. The Morgan fingerprint density at radius 2 is 1.92 bits per heavy atom. The maximum absolute atomic E-state index is 10.8. The van der Waals surface area contributed by atoms with Crippen LogP contribution < -0.4 is 11.5 Å². The number of nitrogens with zero attached hydrogens (tertiary/aromatic N) is 4. The summed E-state index contributed by atoms with van der Waals surface area (Å²) in [5.74, 6) is -0.575. The molecule has 0 fully saturated rings. The number of aryl methyl sites for hydroxylation is 3. The van der Waals surface area contributed by atoms with Crippen molar-refractivity contribution in [1.82, 2.24) is 19.9 Å². The molecule has 8 heteroatoms. The quantitative estimate of drug-likeness (QED) is 0.653. The normalized spacial score (nSPS) is 10.9. The number of carboxylic acid groups (broad SMARTS) is 1. The fourth-order valence-electron chi connectivity index (χ4n) is 2.55. The van der Waals surface area contributed by atoms with Crippen LogP contribution in [-0.2, 0) is 12.8 Å². The van der Waals surface area contributed by atoms with Crippen molar-refractivity contribution >= 4 is 28.8 Å². The fourth-order valence-corrected chi connectivity index (χ4v) is 2.55. The molecular formula is C16H16N6O2. The minimum Gasteiger partial charge on any atom is -0.478 e. The zero-order valence-corrected chi connectivity index (χ0v) is 13.0. The van der Waals surface area contributed by atoms with Crippen molar-refractivity contribution in [3.63, 3.8) is 0 Å². The highest BCUT2D eigenvalue weighted by atomic mass is 16.4. The summed E-state index contributed by atoms with van der Waals surface area (Å²) in [7, 11) is 0. The predicted octanol–water partition coefficient (Wildman–Crippen LogP) is 1.38. The molecule has 0 aliphatic carbocycles. The number of aromatic carboxylic acids is 1. The number of fused-ring (bicyclic) bond motifs is 1. The van der Waals surface area contributed by atoms with Gasteiger partial charge in [-0.3, -0.25) is 4.98 Å². The maximum atomic E-state index is 10.8. The molecule has 3 aromatic heterocycles. The molecule has 0 saturated carbocycles. The van der Waals surface area contributed by atoms with E-state index < -0.39 is 5.97 Å². The van der Waals surface area contributed by atoms with Crippen LogP contribution in [0.15, 0.2) is 24.5 Å². The number of rotatable bonds is 4. The largest absolute Gasteiger partial charge is 0.478 e. The molecule has 0 atom stereocenters. The van der Waals surface area contributed by atoms with Crippen LogP contribution in [0.25, 0.3) is 11.0 Å². The smallest absolute Gasteiger partial charge is 0.337 e. The molecular weight excluding hydrogens is 308 g/mol. The second-order valence-corrected chi connectivity index (χ2v) is 5.42. The molecule has 0 radical (unpaired) electrons. The van der Waals surface area contributed by atoms with Crippen molar-refractivity contribution in [1.29, 1.82) is 0 Å². The molecule has 0 spiro atoms. The first-order valence-corrected chi connectivity index (χ1v) is 7.31. The van der Waals surface area contributed by atoms with Crippen LogP contribution in [0.4, 0.5) is 11.8 Å². The third-order valence-corrected chi connectivity index (χ3v) is 3.86. The highest BCUT2D eigenvalue weighted by Crippen LogP contribution is 2.24. The van der Waals surface area contributed by atoms with Gasteiger partial charge in [-0.1, -0.05) is 0 Å². The van der Waals surface area contributed by atoms with Gasteiger partial charge in [0.2, 0.25) is 5.95 Å². The van der Waals surface area contributed by atoms with Gasteiger partial charge in [0.1, 0.15) is 5.82 Å². The van der Waals surface area contributed by atoms with E-state index in [0.29, 0.717) is 29.7 Å². The van der Waals surface area contributed by atoms with Crippen LogP contribution in [0.2, 0.25) is 0 Å². The first kappa shape index (κ1) is 15.6. The Balaban J connectivity index is 1.85. The minimum atomic E-state index is -0.988. The zero-order valence-electron chi connectivity index (χ0n) is 13.0. The summed E-state index contributed by atoms with van der Waals surface area (Å²) in [6.45, 7) is 1.94. The van der Waals surface area contributed by atoms with E-state index in [0.717, 1.165) is 16.8 Å². The molecule has 0 unspecified atom stereocenters. The van der Waals surface area contributed by atoms with E-state index in [-0.39, 0.29) is 11.5 Å². The van der Waals surface area contributed by atoms with Crippen molar-refractivity contribution < 1.29 is 9.90 Å². The number of carboxylic acids is 1. The summed E-state index contributed by atoms with van der Waals surface area (Å²) >= 11 is 0. The third kappa shape index (κ3) is 2.94. The number of nitrogens with two attached hydrogens (primary N) is 2. The molecule has 122 valence electrons. The molecule has 3 rings (SSSR count). The summed E-state index contributed by atoms with van der Waals surface area (Å²) < 4.78 is 0. The molecule has 0 aliphatic rings. The van der Waals surface area contributed by atoms with Gasteiger partial charge in [0.25, 0.3) is 0 Å². The maximum Gasteiger partial charge on any atom is 0.337 e.